The predicted molar refractivity (Wildman–Crippen MR) is 202 cm³/mol. The van der Waals surface area contributed by atoms with Crippen LogP contribution in [-0.4, -0.2) is 15.9 Å². The number of benzene rings is 4. The second-order valence-corrected chi connectivity index (χ2v) is 12.8. The molecule has 7 rings (SSSR count). The first kappa shape index (κ1) is 36.8. The molecule has 1 radical (unpaired) electrons. The smallest absolute Gasteiger partial charge is 0.179 e. The van der Waals surface area contributed by atoms with Crippen molar-refractivity contribution in [3.63, 3.8) is 0 Å². The topological polar surface area (TPSA) is 76.5 Å². The molecule has 0 aliphatic rings. The molecule has 4 aromatic carbocycles. The van der Waals surface area contributed by atoms with E-state index in [9.17, 15) is 9.90 Å². The SMILES string of the molecule is CCC(CC)C(=O)/C=C(\O)C(CC)CC.Cc1cccc2c1oc1c2cc(-c2ccnc(-c3[c-]cccc3)c2)c2c3cccc(C)c3oc12.[Ir]. The molecule has 50 heavy (non-hydrogen) atoms. The minimum Gasteiger partial charge on any atom is -0.512 e. The summed E-state index contributed by atoms with van der Waals surface area (Å²) in [7, 11) is 0. The Morgan fingerprint density at radius 3 is 2.04 bits per heavy atom. The number of hydrogen-bond acceptors (Lipinski definition) is 5. The molecule has 0 saturated carbocycles. The monoisotopic (exact) mass is 843 g/mol. The van der Waals surface area contributed by atoms with Gasteiger partial charge in [0.1, 0.15) is 11.2 Å². The molecule has 259 valence electrons. The fourth-order valence-corrected chi connectivity index (χ4v) is 6.80. The van der Waals surface area contributed by atoms with Gasteiger partial charge in [-0.3, -0.25) is 4.79 Å². The van der Waals surface area contributed by atoms with Crippen LogP contribution in [0.3, 0.4) is 0 Å². The van der Waals surface area contributed by atoms with E-state index in [2.05, 4.69) is 79.5 Å². The van der Waals surface area contributed by atoms with Crippen LogP contribution in [0.1, 0.15) is 64.5 Å². The number of fused-ring (bicyclic) bond motifs is 7. The summed E-state index contributed by atoms with van der Waals surface area (Å²) in [5, 5.41) is 14.1. The number of rotatable bonds is 9. The second kappa shape index (κ2) is 16.0. The largest absolute Gasteiger partial charge is 0.512 e. The van der Waals surface area contributed by atoms with Crippen LogP contribution in [-0.2, 0) is 24.9 Å². The predicted octanol–water partition coefficient (Wildman–Crippen LogP) is 12.5. The molecule has 7 aromatic rings. The van der Waals surface area contributed by atoms with Gasteiger partial charge in [0.05, 0.1) is 5.76 Å². The maximum absolute atomic E-state index is 11.7. The Kier molecular flexibility index (Phi) is 11.8. The van der Waals surface area contributed by atoms with E-state index >= 15 is 0 Å². The number of allylic oxidation sites excluding steroid dienone is 2. The number of aryl methyl sites for hydroxylation is 2. The zero-order chi connectivity index (χ0) is 34.7. The Balaban J connectivity index is 0.000000261. The Morgan fingerprint density at radius 2 is 1.40 bits per heavy atom. The molecule has 0 unspecified atom stereocenters. The van der Waals surface area contributed by atoms with Crippen molar-refractivity contribution in [2.75, 3.05) is 0 Å². The van der Waals surface area contributed by atoms with Gasteiger partial charge in [0, 0.05) is 65.8 Å². The third-order valence-corrected chi connectivity index (χ3v) is 9.77. The quantitative estimate of drug-likeness (QED) is 0.0890. The molecule has 0 aliphatic heterocycles. The van der Waals surface area contributed by atoms with E-state index in [1.807, 2.05) is 58.2 Å². The zero-order valence-electron chi connectivity index (χ0n) is 29.6. The van der Waals surface area contributed by atoms with Crippen molar-refractivity contribution in [2.24, 2.45) is 11.8 Å². The first-order valence-electron chi connectivity index (χ1n) is 17.4. The van der Waals surface area contributed by atoms with Gasteiger partial charge in [-0.2, -0.15) is 0 Å². The van der Waals surface area contributed by atoms with Gasteiger partial charge in [0.25, 0.3) is 0 Å². The molecule has 6 heteroatoms. The van der Waals surface area contributed by atoms with Crippen LogP contribution < -0.4 is 0 Å². The van der Waals surface area contributed by atoms with Gasteiger partial charge >= 0.3 is 0 Å². The van der Waals surface area contributed by atoms with Gasteiger partial charge in [-0.05, 0) is 79.6 Å². The third-order valence-electron chi connectivity index (χ3n) is 9.77. The normalized spacial score (nSPS) is 11.8. The first-order valence-corrected chi connectivity index (χ1v) is 17.4. The van der Waals surface area contributed by atoms with Gasteiger partial charge in [0.15, 0.2) is 16.9 Å². The Hall–Kier alpha value is -4.51. The van der Waals surface area contributed by atoms with E-state index in [-0.39, 0.29) is 43.5 Å². The van der Waals surface area contributed by atoms with Crippen LogP contribution in [0.25, 0.3) is 66.3 Å². The fourth-order valence-electron chi connectivity index (χ4n) is 6.80. The number of hydrogen-bond donors (Lipinski definition) is 1. The molecule has 0 fully saturated rings. The number of furan rings is 2. The standard InChI is InChI=1S/C31H20NO2.C13H24O2.Ir/c1-18-8-6-12-22-25-17-24(21-14-15-32-26(16-21)20-10-4-3-5-11-20)27-23-13-7-9-19(2)29(23)34-31(27)30(25)33-28(18)22;1-5-10(6-2)12(14)9-13(15)11(7-3)8-4;/h3-10,12-17H,1-2H3;9-11,14H,5-8H2,1-4H3;/q-1;;/b;12-9-;. The molecular formula is C44H44IrNO4-. The summed E-state index contributed by atoms with van der Waals surface area (Å²) in [6, 6.07) is 30.2. The first-order chi connectivity index (χ1) is 23.8. The molecule has 0 saturated heterocycles. The van der Waals surface area contributed by atoms with Crippen LogP contribution in [0.2, 0.25) is 0 Å². The van der Waals surface area contributed by atoms with Crippen LogP contribution in [0, 0.1) is 31.7 Å². The van der Waals surface area contributed by atoms with Crippen molar-refractivity contribution in [2.45, 2.75) is 67.2 Å². The Bertz CT molecular complexity index is 2290. The van der Waals surface area contributed by atoms with Crippen molar-refractivity contribution in [3.05, 3.63) is 114 Å². The van der Waals surface area contributed by atoms with E-state index in [0.29, 0.717) is 0 Å². The number of para-hydroxylation sites is 2. The minimum atomic E-state index is 0. The summed E-state index contributed by atoms with van der Waals surface area (Å²) in [6.45, 7) is 12.2. The molecule has 1 N–H and O–H groups in total. The maximum atomic E-state index is 11.7. The maximum Gasteiger partial charge on any atom is 0.179 e. The third kappa shape index (κ3) is 7.06. The molecule has 0 spiro atoms. The van der Waals surface area contributed by atoms with Gasteiger partial charge in [-0.1, -0.05) is 70.2 Å². The van der Waals surface area contributed by atoms with E-state index in [1.54, 1.807) is 0 Å². The molecule has 0 aliphatic carbocycles. The molecule has 0 amide bonds. The van der Waals surface area contributed by atoms with Gasteiger partial charge < -0.3 is 18.9 Å². The average Bonchev–Trinajstić information content (AvgIpc) is 3.71. The molecular weight excluding hydrogens is 799 g/mol. The number of nitrogens with zero attached hydrogens (tertiary/aromatic N) is 1. The van der Waals surface area contributed by atoms with Crippen molar-refractivity contribution in [1.82, 2.24) is 4.98 Å². The zero-order valence-corrected chi connectivity index (χ0v) is 32.0. The number of carbonyl (C=O) groups excluding carboxylic acids is 1. The molecule has 5 nitrogen and oxygen atoms in total. The average molecular weight is 843 g/mol. The molecule has 3 aromatic heterocycles. The number of ketones is 1. The van der Waals surface area contributed by atoms with E-state index in [4.69, 9.17) is 8.83 Å². The number of aliphatic hydroxyl groups is 1. The van der Waals surface area contributed by atoms with Crippen LogP contribution >= 0.6 is 0 Å². The molecule has 0 bridgehead atoms. The Labute approximate surface area is 307 Å². The number of aromatic nitrogens is 1. The van der Waals surface area contributed by atoms with Crippen molar-refractivity contribution >= 4 is 49.7 Å². The minimum absolute atomic E-state index is 0. The van der Waals surface area contributed by atoms with Crippen molar-refractivity contribution in [3.8, 4) is 22.4 Å². The van der Waals surface area contributed by atoms with Crippen LogP contribution in [0.4, 0.5) is 0 Å². The summed E-state index contributed by atoms with van der Waals surface area (Å²) >= 11 is 0. The molecule has 0 atom stereocenters. The summed E-state index contributed by atoms with van der Waals surface area (Å²) in [4.78, 5) is 16.3. The number of aliphatic hydroxyl groups excluding tert-OH is 1. The van der Waals surface area contributed by atoms with Crippen LogP contribution in [0.15, 0.2) is 106 Å². The van der Waals surface area contributed by atoms with Crippen LogP contribution in [0.5, 0.6) is 0 Å². The van der Waals surface area contributed by atoms with Gasteiger partial charge in [-0.25, -0.2) is 0 Å². The van der Waals surface area contributed by atoms with Crippen molar-refractivity contribution < 1.29 is 38.8 Å². The summed E-state index contributed by atoms with van der Waals surface area (Å²) in [5.41, 5.74) is 9.66. The summed E-state index contributed by atoms with van der Waals surface area (Å²) in [6.07, 6.45) is 6.77. The van der Waals surface area contributed by atoms with E-state index in [1.165, 1.54) is 6.08 Å². The summed E-state index contributed by atoms with van der Waals surface area (Å²) in [5.74, 6) is 0.547. The second-order valence-electron chi connectivity index (χ2n) is 12.8. The van der Waals surface area contributed by atoms with Gasteiger partial charge in [-0.15, -0.1) is 35.9 Å². The van der Waals surface area contributed by atoms with E-state index < -0.39 is 0 Å². The number of carbonyl (C=O) groups is 1. The van der Waals surface area contributed by atoms with Gasteiger partial charge in [0.2, 0.25) is 0 Å². The van der Waals surface area contributed by atoms with E-state index in [0.717, 1.165) is 103 Å². The molecule has 3 heterocycles. The number of pyridine rings is 1. The van der Waals surface area contributed by atoms with Crippen molar-refractivity contribution in [1.29, 1.82) is 0 Å². The Morgan fingerprint density at radius 1 is 0.760 bits per heavy atom. The fraction of sp³-hybridized carbons (Fsp3) is 0.273. The summed E-state index contributed by atoms with van der Waals surface area (Å²) < 4.78 is 13.0.